The van der Waals surface area contributed by atoms with Gasteiger partial charge in [-0.25, -0.2) is 4.79 Å². The van der Waals surface area contributed by atoms with Gasteiger partial charge in [0, 0.05) is 25.6 Å². The van der Waals surface area contributed by atoms with Crippen LogP contribution in [-0.4, -0.2) is 51.8 Å². The molecule has 1 amide bonds. The molecule has 1 aliphatic heterocycles. The van der Waals surface area contributed by atoms with Crippen LogP contribution in [0.25, 0.3) is 0 Å². The lowest BCUT2D eigenvalue weighted by Gasteiger charge is -2.21. The first kappa shape index (κ1) is 16.1. The number of ether oxygens (including phenoxy) is 1. The van der Waals surface area contributed by atoms with Crippen LogP contribution in [0.1, 0.15) is 44.9 Å². The van der Waals surface area contributed by atoms with E-state index in [0.29, 0.717) is 30.2 Å². The van der Waals surface area contributed by atoms with E-state index in [4.69, 9.17) is 14.4 Å². The second-order valence-corrected chi connectivity index (χ2v) is 5.63. The van der Waals surface area contributed by atoms with Gasteiger partial charge in [-0.2, -0.15) is 4.98 Å². The first-order valence-corrected chi connectivity index (χ1v) is 7.47. The van der Waals surface area contributed by atoms with E-state index >= 15 is 0 Å². The predicted molar refractivity (Wildman–Crippen MR) is 81.6 cm³/mol. The molecule has 2 aromatic rings. The number of aromatic nitrogens is 2. The van der Waals surface area contributed by atoms with Crippen LogP contribution in [0.5, 0.6) is 0 Å². The van der Waals surface area contributed by atoms with E-state index in [9.17, 15) is 9.59 Å². The zero-order chi connectivity index (χ0) is 17.3. The third-order valence-corrected chi connectivity index (χ3v) is 4.04. The van der Waals surface area contributed by atoms with Crippen molar-refractivity contribution in [2.75, 3.05) is 13.7 Å². The molecule has 2 heterocycles. The summed E-state index contributed by atoms with van der Waals surface area (Å²) in [6.45, 7) is 2.08. The Kier molecular flexibility index (Phi) is 4.30. The number of carbonyl (C=O) groups is 2. The van der Waals surface area contributed by atoms with Crippen molar-refractivity contribution in [1.29, 1.82) is 0 Å². The minimum Gasteiger partial charge on any atom is -0.478 e. The predicted octanol–water partition coefficient (Wildman–Crippen LogP) is 1.68. The number of likely N-dealkylation sites (tertiary alicyclic amines) is 1. The highest BCUT2D eigenvalue weighted by Gasteiger charge is 2.39. The first-order valence-electron chi connectivity index (χ1n) is 7.47. The Morgan fingerprint density at radius 3 is 2.75 bits per heavy atom. The van der Waals surface area contributed by atoms with Crippen LogP contribution in [0.15, 0.2) is 28.8 Å². The molecule has 1 aromatic heterocycles. The molecule has 2 atom stereocenters. The third-order valence-electron chi connectivity index (χ3n) is 4.04. The fourth-order valence-electron chi connectivity index (χ4n) is 2.83. The summed E-state index contributed by atoms with van der Waals surface area (Å²) in [5.74, 6) is -0.524. The number of carboxylic acids is 1. The van der Waals surface area contributed by atoms with E-state index in [1.54, 1.807) is 31.1 Å². The van der Waals surface area contributed by atoms with Crippen LogP contribution in [0.4, 0.5) is 0 Å². The number of hydrogen-bond donors (Lipinski definition) is 1. The number of methoxy groups -OCH3 is 1. The Morgan fingerprint density at radius 1 is 1.38 bits per heavy atom. The number of aryl methyl sites for hydroxylation is 1. The summed E-state index contributed by atoms with van der Waals surface area (Å²) in [5.41, 5.74) is 0.362. The van der Waals surface area contributed by atoms with Crippen molar-refractivity contribution in [3.05, 3.63) is 47.1 Å². The Morgan fingerprint density at radius 2 is 2.12 bits per heavy atom. The van der Waals surface area contributed by atoms with Gasteiger partial charge in [-0.05, 0) is 25.1 Å². The summed E-state index contributed by atoms with van der Waals surface area (Å²) < 4.78 is 10.6. The quantitative estimate of drug-likeness (QED) is 0.908. The second-order valence-electron chi connectivity index (χ2n) is 5.63. The van der Waals surface area contributed by atoms with E-state index < -0.39 is 12.0 Å². The molecule has 24 heavy (non-hydrogen) atoms. The third kappa shape index (κ3) is 3.00. The lowest BCUT2D eigenvalue weighted by Crippen LogP contribution is -2.32. The van der Waals surface area contributed by atoms with Gasteiger partial charge in [-0.3, -0.25) is 4.79 Å². The van der Waals surface area contributed by atoms with Crippen molar-refractivity contribution in [3.63, 3.8) is 0 Å². The van der Waals surface area contributed by atoms with Crippen molar-refractivity contribution in [2.24, 2.45) is 0 Å². The molecule has 3 rings (SSSR count). The van der Waals surface area contributed by atoms with E-state index in [1.165, 1.54) is 12.1 Å². The Balaban J connectivity index is 1.91. The standard InChI is InChI=1S/C16H17N3O5/c1-9-17-14(24-18-9)13-7-12(23-2)8-19(13)15(20)10-4-3-5-11(6-10)16(21)22/h3-6,12-13H,7-8H2,1-2H3,(H,21,22)/t12-,13+/m0/s1. The highest BCUT2D eigenvalue weighted by molar-refractivity contribution is 5.97. The molecule has 0 saturated carbocycles. The Hall–Kier alpha value is -2.74. The smallest absolute Gasteiger partial charge is 0.335 e. The molecule has 8 heteroatoms. The van der Waals surface area contributed by atoms with Crippen LogP contribution in [0, 0.1) is 6.92 Å². The Bertz CT molecular complexity index is 773. The molecular weight excluding hydrogens is 314 g/mol. The summed E-state index contributed by atoms with van der Waals surface area (Å²) in [4.78, 5) is 29.8. The van der Waals surface area contributed by atoms with Crippen molar-refractivity contribution in [3.8, 4) is 0 Å². The van der Waals surface area contributed by atoms with Crippen LogP contribution in [-0.2, 0) is 4.74 Å². The van der Waals surface area contributed by atoms with Crippen molar-refractivity contribution >= 4 is 11.9 Å². The average molecular weight is 331 g/mol. The van der Waals surface area contributed by atoms with E-state index in [1.807, 2.05) is 0 Å². The van der Waals surface area contributed by atoms with Gasteiger partial charge in [0.25, 0.3) is 5.91 Å². The van der Waals surface area contributed by atoms with Gasteiger partial charge < -0.3 is 19.3 Å². The highest BCUT2D eigenvalue weighted by Crippen LogP contribution is 2.33. The monoisotopic (exact) mass is 331 g/mol. The molecule has 0 radical (unpaired) electrons. The molecule has 0 spiro atoms. The summed E-state index contributed by atoms with van der Waals surface area (Å²) in [7, 11) is 1.58. The topological polar surface area (TPSA) is 106 Å². The van der Waals surface area contributed by atoms with Crippen molar-refractivity contribution in [1.82, 2.24) is 15.0 Å². The van der Waals surface area contributed by atoms with E-state index in [2.05, 4.69) is 10.1 Å². The number of aromatic carboxylic acids is 1. The zero-order valence-electron chi connectivity index (χ0n) is 13.3. The van der Waals surface area contributed by atoms with Crippen LogP contribution < -0.4 is 0 Å². The average Bonchev–Trinajstić information content (AvgIpc) is 3.20. The minimum atomic E-state index is -1.08. The van der Waals surface area contributed by atoms with E-state index in [-0.39, 0.29) is 17.6 Å². The summed E-state index contributed by atoms with van der Waals surface area (Å²) in [6, 6.07) is 5.55. The molecular formula is C16H17N3O5. The van der Waals surface area contributed by atoms with Gasteiger partial charge >= 0.3 is 5.97 Å². The molecule has 1 aromatic carbocycles. The van der Waals surface area contributed by atoms with Crippen LogP contribution in [0.2, 0.25) is 0 Å². The van der Waals surface area contributed by atoms with Gasteiger partial charge in [0.2, 0.25) is 5.89 Å². The molecule has 0 bridgehead atoms. The number of rotatable bonds is 4. The maximum Gasteiger partial charge on any atom is 0.335 e. The normalized spacial score (nSPS) is 20.3. The van der Waals surface area contributed by atoms with Gasteiger partial charge in [0.1, 0.15) is 6.04 Å². The second kappa shape index (κ2) is 6.40. The fourth-order valence-corrected chi connectivity index (χ4v) is 2.83. The van der Waals surface area contributed by atoms with Crippen molar-refractivity contribution in [2.45, 2.75) is 25.5 Å². The molecule has 1 saturated heterocycles. The molecule has 1 fully saturated rings. The lowest BCUT2D eigenvalue weighted by atomic mass is 10.1. The van der Waals surface area contributed by atoms with Gasteiger partial charge in [0.15, 0.2) is 5.82 Å². The van der Waals surface area contributed by atoms with Gasteiger partial charge in [0.05, 0.1) is 11.7 Å². The number of hydrogen-bond acceptors (Lipinski definition) is 6. The van der Waals surface area contributed by atoms with E-state index in [0.717, 1.165) is 0 Å². The maximum atomic E-state index is 12.9. The molecule has 0 unspecified atom stereocenters. The number of carbonyl (C=O) groups excluding carboxylic acids is 1. The number of amides is 1. The molecule has 8 nitrogen and oxygen atoms in total. The van der Waals surface area contributed by atoms with Crippen LogP contribution >= 0.6 is 0 Å². The van der Waals surface area contributed by atoms with Gasteiger partial charge in [-0.1, -0.05) is 11.2 Å². The lowest BCUT2D eigenvalue weighted by molar-refractivity contribution is 0.0670. The largest absolute Gasteiger partial charge is 0.478 e. The highest BCUT2D eigenvalue weighted by atomic mass is 16.5. The molecule has 1 N–H and O–H groups in total. The molecule has 0 aliphatic carbocycles. The number of benzene rings is 1. The first-order chi connectivity index (χ1) is 11.5. The zero-order valence-corrected chi connectivity index (χ0v) is 13.3. The summed E-state index contributed by atoms with van der Waals surface area (Å²) in [5, 5.41) is 12.9. The summed E-state index contributed by atoms with van der Waals surface area (Å²) in [6.07, 6.45) is 0.400. The minimum absolute atomic E-state index is 0.0634. The molecule has 1 aliphatic rings. The maximum absolute atomic E-state index is 12.9. The number of carboxylic acid groups (broad SMARTS) is 1. The van der Waals surface area contributed by atoms with Crippen molar-refractivity contribution < 1.29 is 24.0 Å². The van der Waals surface area contributed by atoms with Gasteiger partial charge in [-0.15, -0.1) is 0 Å². The SMILES string of the molecule is CO[C@H]1C[C@H](c2nc(C)no2)N(C(=O)c2cccc(C(=O)O)c2)C1. The van der Waals surface area contributed by atoms with Crippen LogP contribution in [0.3, 0.4) is 0 Å². The fraction of sp³-hybridized carbons (Fsp3) is 0.375. The number of nitrogens with zero attached hydrogens (tertiary/aromatic N) is 3. The summed E-state index contributed by atoms with van der Waals surface area (Å²) >= 11 is 0. The molecule has 126 valence electrons. The Labute approximate surface area is 138 Å².